The molecule has 2 aliphatic carbocycles. The second-order valence-corrected chi connectivity index (χ2v) is 12.1. The molecule has 0 bridgehead atoms. The molecule has 3 unspecified atom stereocenters. The summed E-state index contributed by atoms with van der Waals surface area (Å²) in [6.45, 7) is 5.69. The van der Waals surface area contributed by atoms with Crippen LogP contribution in [0.5, 0.6) is 5.75 Å². The standard InChI is InChI=1S/C31H37FN6O2/c1-4-24-27(33)17(2)15-37(24)31(39)20-10-23-28(26(12-20)40-3)38(22-13-21(32)14-22)30(35-23)25-11-19-6-5-9-34-29(19)36(25)16-18-7-8-18/h5-6,9-12,17-18,21-22,24,27H,4,7-8,13-16,33H2,1-3H3. The number of rotatable bonds is 7. The highest BCUT2D eigenvalue weighted by Crippen LogP contribution is 2.44. The molecular weight excluding hydrogens is 507 g/mol. The van der Waals surface area contributed by atoms with Crippen LogP contribution in [-0.2, 0) is 6.54 Å². The summed E-state index contributed by atoms with van der Waals surface area (Å²) in [5.41, 5.74) is 10.4. The molecule has 2 N–H and O–H groups in total. The van der Waals surface area contributed by atoms with Gasteiger partial charge in [0.1, 0.15) is 23.1 Å². The number of alkyl halides is 1. The van der Waals surface area contributed by atoms with E-state index >= 15 is 0 Å². The monoisotopic (exact) mass is 544 g/mol. The van der Waals surface area contributed by atoms with Gasteiger partial charge in [-0.3, -0.25) is 4.79 Å². The van der Waals surface area contributed by atoms with E-state index in [0.29, 0.717) is 42.1 Å². The maximum atomic E-state index is 14.2. The first-order valence-corrected chi connectivity index (χ1v) is 14.6. The van der Waals surface area contributed by atoms with E-state index in [1.54, 1.807) is 7.11 Å². The van der Waals surface area contributed by atoms with E-state index in [0.717, 1.165) is 41.0 Å². The number of amides is 1. The molecule has 0 spiro atoms. The maximum absolute atomic E-state index is 14.2. The third-order valence-electron chi connectivity index (χ3n) is 9.33. The minimum atomic E-state index is -0.825. The van der Waals surface area contributed by atoms with Gasteiger partial charge in [-0.2, -0.15) is 0 Å². The van der Waals surface area contributed by atoms with E-state index in [9.17, 15) is 9.18 Å². The number of fused-ring (bicyclic) bond motifs is 2. The number of aromatic nitrogens is 4. The lowest BCUT2D eigenvalue weighted by Gasteiger charge is -2.33. The summed E-state index contributed by atoms with van der Waals surface area (Å²) in [5.74, 6) is 2.17. The summed E-state index contributed by atoms with van der Waals surface area (Å²) in [4.78, 5) is 25.6. The van der Waals surface area contributed by atoms with Gasteiger partial charge in [0.25, 0.3) is 5.91 Å². The molecule has 7 rings (SSSR count). The van der Waals surface area contributed by atoms with E-state index < -0.39 is 6.17 Å². The van der Waals surface area contributed by atoms with Crippen molar-refractivity contribution < 1.29 is 13.9 Å². The van der Waals surface area contributed by atoms with Crippen LogP contribution in [0.25, 0.3) is 33.6 Å². The zero-order chi connectivity index (χ0) is 27.7. The van der Waals surface area contributed by atoms with Crippen molar-refractivity contribution in [3.8, 4) is 17.3 Å². The number of carbonyl (C=O) groups excluding carboxylic acids is 1. The lowest BCUT2D eigenvalue weighted by atomic mass is 9.90. The fourth-order valence-electron chi connectivity index (χ4n) is 6.80. The van der Waals surface area contributed by atoms with Gasteiger partial charge in [-0.15, -0.1) is 0 Å². The Morgan fingerprint density at radius 1 is 1.23 bits per heavy atom. The third kappa shape index (κ3) is 4.00. The number of nitrogens with two attached hydrogens (primary N) is 1. The van der Waals surface area contributed by atoms with Crippen LogP contribution in [0.3, 0.4) is 0 Å². The van der Waals surface area contributed by atoms with Crippen molar-refractivity contribution in [1.29, 1.82) is 0 Å². The Morgan fingerprint density at radius 3 is 2.73 bits per heavy atom. The molecule has 2 saturated carbocycles. The SMILES string of the molecule is CCC1C(N)C(C)CN1C(=O)c1cc(OC)c2c(c1)nc(-c1cc3cccnc3n1CC1CC1)n2C1CC(F)C1. The second-order valence-electron chi connectivity index (χ2n) is 12.1. The number of pyridine rings is 1. The van der Waals surface area contributed by atoms with Crippen molar-refractivity contribution in [3.05, 3.63) is 42.1 Å². The zero-order valence-corrected chi connectivity index (χ0v) is 23.4. The van der Waals surface area contributed by atoms with Gasteiger partial charge in [0, 0.05) is 48.4 Å². The van der Waals surface area contributed by atoms with Gasteiger partial charge in [-0.25, -0.2) is 14.4 Å². The van der Waals surface area contributed by atoms with Crippen molar-refractivity contribution in [3.63, 3.8) is 0 Å². The Bertz CT molecular complexity index is 1600. The van der Waals surface area contributed by atoms with Gasteiger partial charge in [0.2, 0.25) is 0 Å². The first-order chi connectivity index (χ1) is 19.4. The number of likely N-dealkylation sites (tertiary alicyclic amines) is 1. The van der Waals surface area contributed by atoms with E-state index in [4.69, 9.17) is 20.4 Å². The number of hydrogen-bond acceptors (Lipinski definition) is 5. The summed E-state index contributed by atoms with van der Waals surface area (Å²) < 4.78 is 24.6. The minimum Gasteiger partial charge on any atom is -0.494 e. The molecule has 4 heterocycles. The third-order valence-corrected chi connectivity index (χ3v) is 9.33. The van der Waals surface area contributed by atoms with Crippen LogP contribution in [0.15, 0.2) is 36.5 Å². The molecule has 1 saturated heterocycles. The van der Waals surface area contributed by atoms with Crippen LogP contribution in [0.1, 0.15) is 62.4 Å². The van der Waals surface area contributed by atoms with Crippen molar-refractivity contribution in [2.24, 2.45) is 17.6 Å². The molecule has 8 nitrogen and oxygen atoms in total. The molecular formula is C31H37FN6O2. The molecule has 9 heteroatoms. The van der Waals surface area contributed by atoms with Crippen LogP contribution >= 0.6 is 0 Å². The molecule has 1 aromatic carbocycles. The lowest BCUT2D eigenvalue weighted by Crippen LogP contribution is -2.42. The number of hydrogen-bond donors (Lipinski definition) is 1. The molecule has 3 fully saturated rings. The molecule has 1 amide bonds. The Labute approximate surface area is 233 Å². The number of ether oxygens (including phenoxy) is 1. The van der Waals surface area contributed by atoms with Gasteiger partial charge in [0.05, 0.1) is 18.3 Å². The highest BCUT2D eigenvalue weighted by Gasteiger charge is 2.40. The molecule has 4 aromatic rings. The molecule has 0 radical (unpaired) electrons. The summed E-state index contributed by atoms with van der Waals surface area (Å²) >= 11 is 0. The van der Waals surface area contributed by atoms with Crippen LogP contribution in [0.2, 0.25) is 0 Å². The summed E-state index contributed by atoms with van der Waals surface area (Å²) in [7, 11) is 1.62. The Kier molecular flexibility index (Phi) is 6.11. The highest BCUT2D eigenvalue weighted by molar-refractivity contribution is 6.00. The van der Waals surface area contributed by atoms with Crippen molar-refractivity contribution in [1.82, 2.24) is 24.0 Å². The number of nitrogens with zero attached hydrogens (tertiary/aromatic N) is 5. The number of methoxy groups -OCH3 is 1. The first-order valence-electron chi connectivity index (χ1n) is 14.6. The van der Waals surface area contributed by atoms with Crippen LogP contribution in [-0.4, -0.2) is 61.8 Å². The molecule has 210 valence electrons. The van der Waals surface area contributed by atoms with Crippen LogP contribution < -0.4 is 10.5 Å². The lowest BCUT2D eigenvalue weighted by molar-refractivity contribution is 0.0725. The van der Waals surface area contributed by atoms with E-state index in [1.165, 1.54) is 12.8 Å². The summed E-state index contributed by atoms with van der Waals surface area (Å²) in [6.07, 6.45) is 5.11. The summed E-state index contributed by atoms with van der Waals surface area (Å²) in [5, 5.41) is 1.06. The number of imidazole rings is 1. The second kappa shape index (κ2) is 9.58. The van der Waals surface area contributed by atoms with E-state index in [-0.39, 0.29) is 30.0 Å². The number of benzene rings is 1. The molecule has 3 aromatic heterocycles. The van der Waals surface area contributed by atoms with Crippen molar-refractivity contribution in [2.75, 3.05) is 13.7 Å². The average molecular weight is 545 g/mol. The van der Waals surface area contributed by atoms with Gasteiger partial charge in [-0.05, 0) is 74.3 Å². The van der Waals surface area contributed by atoms with Crippen molar-refractivity contribution >= 4 is 28.0 Å². The molecule has 3 atom stereocenters. The molecule has 3 aliphatic rings. The molecule has 1 aliphatic heterocycles. The van der Waals surface area contributed by atoms with Gasteiger partial charge in [-0.1, -0.05) is 13.8 Å². The van der Waals surface area contributed by atoms with E-state index in [1.807, 2.05) is 29.3 Å². The fourth-order valence-corrected chi connectivity index (χ4v) is 6.80. The van der Waals surface area contributed by atoms with Crippen LogP contribution in [0, 0.1) is 11.8 Å². The van der Waals surface area contributed by atoms with Crippen LogP contribution in [0.4, 0.5) is 4.39 Å². The molecule has 40 heavy (non-hydrogen) atoms. The Hall–Kier alpha value is -3.46. The first kappa shape index (κ1) is 25.5. The van der Waals surface area contributed by atoms with Gasteiger partial charge < -0.3 is 24.5 Å². The Morgan fingerprint density at radius 2 is 2.02 bits per heavy atom. The summed E-state index contributed by atoms with van der Waals surface area (Å²) in [6, 6.07) is 9.79. The van der Waals surface area contributed by atoms with Gasteiger partial charge in [0.15, 0.2) is 5.82 Å². The fraction of sp³-hybridized carbons (Fsp3) is 0.516. The normalized spacial score (nSPS) is 26.5. The Balaban J connectivity index is 1.40. The zero-order valence-electron chi connectivity index (χ0n) is 23.4. The number of carbonyl (C=O) groups is 1. The largest absolute Gasteiger partial charge is 0.494 e. The number of halogens is 1. The average Bonchev–Trinajstić information content (AvgIpc) is 3.48. The van der Waals surface area contributed by atoms with Crippen molar-refractivity contribution in [2.45, 2.75) is 76.8 Å². The predicted octanol–water partition coefficient (Wildman–Crippen LogP) is 5.34. The minimum absolute atomic E-state index is 0.000551. The topological polar surface area (TPSA) is 91.2 Å². The maximum Gasteiger partial charge on any atom is 0.254 e. The van der Waals surface area contributed by atoms with Gasteiger partial charge >= 0.3 is 0 Å². The highest BCUT2D eigenvalue weighted by atomic mass is 19.1. The predicted molar refractivity (Wildman–Crippen MR) is 153 cm³/mol. The quantitative estimate of drug-likeness (QED) is 0.339. The smallest absolute Gasteiger partial charge is 0.254 e. The van der Waals surface area contributed by atoms with E-state index in [2.05, 4.69) is 35.1 Å².